The van der Waals surface area contributed by atoms with E-state index in [2.05, 4.69) is 17.2 Å². The highest BCUT2D eigenvalue weighted by atomic mass is 32.2. The number of rotatable bonds is 3. The summed E-state index contributed by atoms with van der Waals surface area (Å²) in [6.45, 7) is 3.85. The second kappa shape index (κ2) is 5.95. The zero-order valence-corrected chi connectivity index (χ0v) is 10.9. The molecule has 2 rings (SSSR count). The van der Waals surface area contributed by atoms with Gasteiger partial charge in [0, 0.05) is 31.4 Å². The van der Waals surface area contributed by atoms with Crippen molar-refractivity contribution >= 4 is 11.8 Å². The molecule has 0 bridgehead atoms. The fraction of sp³-hybridized carbons (Fsp3) is 0.846. The van der Waals surface area contributed by atoms with Gasteiger partial charge in [0.25, 0.3) is 0 Å². The Kier molecular flexibility index (Phi) is 4.57. The third-order valence-corrected chi connectivity index (χ3v) is 4.64. The number of hydrogen-bond acceptors (Lipinski definition) is 3. The maximum Gasteiger partial charge on any atom is 0.0795 e. The van der Waals surface area contributed by atoms with Gasteiger partial charge in [-0.3, -0.25) is 0 Å². The molecule has 0 amide bonds. The van der Waals surface area contributed by atoms with Crippen LogP contribution in [0.4, 0.5) is 0 Å². The second-order valence-electron chi connectivity index (χ2n) is 4.65. The van der Waals surface area contributed by atoms with Gasteiger partial charge in [-0.1, -0.05) is 0 Å². The fourth-order valence-corrected chi connectivity index (χ4v) is 3.91. The van der Waals surface area contributed by atoms with Crippen LogP contribution >= 0.6 is 11.8 Å². The first-order valence-electron chi connectivity index (χ1n) is 6.19. The van der Waals surface area contributed by atoms with Crippen molar-refractivity contribution in [3.8, 4) is 11.8 Å². The summed E-state index contributed by atoms with van der Waals surface area (Å²) in [5, 5.41) is 3.62. The molecule has 2 fully saturated rings. The van der Waals surface area contributed by atoms with Crippen LogP contribution in [-0.4, -0.2) is 36.3 Å². The molecule has 0 aromatic heterocycles. The Morgan fingerprint density at radius 1 is 1.56 bits per heavy atom. The summed E-state index contributed by atoms with van der Waals surface area (Å²) >= 11 is 2.04. The number of hydrogen-bond donors (Lipinski definition) is 1. The summed E-state index contributed by atoms with van der Waals surface area (Å²) < 4.78 is 6.00. The highest BCUT2D eigenvalue weighted by molar-refractivity contribution is 7.99. The maximum absolute atomic E-state index is 6.00. The minimum Gasteiger partial charge on any atom is -0.374 e. The second-order valence-corrected chi connectivity index (χ2v) is 5.76. The van der Waals surface area contributed by atoms with Crippen LogP contribution in [0.25, 0.3) is 0 Å². The summed E-state index contributed by atoms with van der Waals surface area (Å²) in [6, 6.07) is 0.645. The zero-order valence-electron chi connectivity index (χ0n) is 10.1. The Bertz CT molecular complexity index is 275. The smallest absolute Gasteiger partial charge is 0.0795 e. The van der Waals surface area contributed by atoms with E-state index in [1.165, 1.54) is 24.3 Å². The first-order valence-corrected chi connectivity index (χ1v) is 7.35. The van der Waals surface area contributed by atoms with Crippen molar-refractivity contribution in [2.75, 3.05) is 24.7 Å². The lowest BCUT2D eigenvalue weighted by atomic mass is 9.90. The van der Waals surface area contributed by atoms with E-state index < -0.39 is 0 Å². The van der Waals surface area contributed by atoms with E-state index in [4.69, 9.17) is 4.74 Å². The minimum atomic E-state index is 0.205. The van der Waals surface area contributed by atoms with Gasteiger partial charge in [-0.25, -0.2) is 0 Å². The summed E-state index contributed by atoms with van der Waals surface area (Å²) in [6.07, 6.45) is 4.56. The van der Waals surface area contributed by atoms with E-state index in [-0.39, 0.29) is 5.60 Å². The van der Waals surface area contributed by atoms with E-state index in [0.717, 1.165) is 26.0 Å². The molecule has 2 nitrogen and oxygen atoms in total. The van der Waals surface area contributed by atoms with Gasteiger partial charge in [0.1, 0.15) is 0 Å². The summed E-state index contributed by atoms with van der Waals surface area (Å²) in [5.74, 6) is 8.50. The monoisotopic (exact) mass is 239 g/mol. The predicted molar refractivity (Wildman–Crippen MR) is 69.7 cm³/mol. The van der Waals surface area contributed by atoms with Crippen LogP contribution < -0.4 is 5.32 Å². The molecule has 1 spiro atoms. The lowest BCUT2D eigenvalue weighted by Crippen LogP contribution is -2.47. The van der Waals surface area contributed by atoms with Crippen LogP contribution in [0, 0.1) is 11.8 Å². The Balaban J connectivity index is 1.75. The predicted octanol–water partition coefficient (Wildman–Crippen LogP) is 2.04. The van der Waals surface area contributed by atoms with Crippen molar-refractivity contribution in [2.45, 2.75) is 44.2 Å². The van der Waals surface area contributed by atoms with Gasteiger partial charge < -0.3 is 10.1 Å². The van der Waals surface area contributed by atoms with Crippen LogP contribution in [-0.2, 0) is 4.74 Å². The van der Waals surface area contributed by atoms with Gasteiger partial charge >= 0.3 is 0 Å². The molecule has 0 saturated carbocycles. The molecule has 0 radical (unpaired) electrons. The molecule has 2 unspecified atom stereocenters. The first-order chi connectivity index (χ1) is 7.85. The zero-order chi connectivity index (χ0) is 11.3. The van der Waals surface area contributed by atoms with Gasteiger partial charge in [0.15, 0.2) is 0 Å². The molecule has 90 valence electrons. The molecule has 2 saturated heterocycles. The van der Waals surface area contributed by atoms with Gasteiger partial charge in [0.05, 0.1) is 5.60 Å². The van der Waals surface area contributed by atoms with E-state index >= 15 is 0 Å². The van der Waals surface area contributed by atoms with Gasteiger partial charge in [0.2, 0.25) is 0 Å². The standard InChI is InChI=1S/C13H21NOS/c1-2-3-4-7-14-12-5-8-15-13(10-12)6-9-16-11-13/h12,14H,4-11H2,1H3. The third-order valence-electron chi connectivity index (χ3n) is 3.42. The van der Waals surface area contributed by atoms with Crippen molar-refractivity contribution in [3.63, 3.8) is 0 Å². The molecule has 0 aliphatic carbocycles. The molecule has 16 heavy (non-hydrogen) atoms. The normalized spacial score (nSPS) is 33.7. The summed E-state index contributed by atoms with van der Waals surface area (Å²) in [4.78, 5) is 0. The average molecular weight is 239 g/mol. The van der Waals surface area contributed by atoms with E-state index in [1.54, 1.807) is 0 Å². The number of ether oxygens (including phenoxy) is 1. The molecule has 3 heteroatoms. The maximum atomic E-state index is 6.00. The lowest BCUT2D eigenvalue weighted by Gasteiger charge is -2.38. The van der Waals surface area contributed by atoms with Crippen LogP contribution in [0.15, 0.2) is 0 Å². The van der Waals surface area contributed by atoms with Crippen molar-refractivity contribution < 1.29 is 4.74 Å². The van der Waals surface area contributed by atoms with Crippen LogP contribution in [0.1, 0.15) is 32.6 Å². The Hall–Kier alpha value is -0.170. The highest BCUT2D eigenvalue weighted by Crippen LogP contribution is 2.38. The SMILES string of the molecule is CC#CCCNC1CCOC2(CCSC2)C1. The molecule has 0 aromatic rings. The fourth-order valence-electron chi connectivity index (χ4n) is 2.53. The van der Waals surface area contributed by atoms with E-state index in [0.29, 0.717) is 6.04 Å². The highest BCUT2D eigenvalue weighted by Gasteiger charge is 2.40. The van der Waals surface area contributed by atoms with E-state index in [9.17, 15) is 0 Å². The van der Waals surface area contributed by atoms with Crippen molar-refractivity contribution in [3.05, 3.63) is 0 Å². The van der Waals surface area contributed by atoms with E-state index in [1.807, 2.05) is 18.7 Å². The topological polar surface area (TPSA) is 21.3 Å². The first kappa shape index (κ1) is 12.3. The Morgan fingerprint density at radius 3 is 3.25 bits per heavy atom. The summed E-state index contributed by atoms with van der Waals surface area (Å²) in [5.41, 5.74) is 0.205. The molecule has 2 aliphatic rings. The van der Waals surface area contributed by atoms with Crippen LogP contribution in [0.3, 0.4) is 0 Å². The third kappa shape index (κ3) is 3.16. The van der Waals surface area contributed by atoms with Gasteiger partial charge in [-0.2, -0.15) is 11.8 Å². The lowest BCUT2D eigenvalue weighted by molar-refractivity contribution is -0.0699. The Labute approximate surface area is 103 Å². The van der Waals surface area contributed by atoms with Crippen molar-refractivity contribution in [2.24, 2.45) is 0 Å². The van der Waals surface area contributed by atoms with Gasteiger partial charge in [-0.15, -0.1) is 11.8 Å². The molecule has 2 heterocycles. The molecule has 2 atom stereocenters. The molecule has 2 aliphatic heterocycles. The minimum absolute atomic E-state index is 0.205. The number of thioether (sulfide) groups is 1. The number of nitrogens with one attached hydrogen (secondary N) is 1. The Morgan fingerprint density at radius 2 is 2.50 bits per heavy atom. The van der Waals surface area contributed by atoms with Crippen LogP contribution in [0.5, 0.6) is 0 Å². The quantitative estimate of drug-likeness (QED) is 0.601. The molecule has 1 N–H and O–H groups in total. The van der Waals surface area contributed by atoms with Crippen molar-refractivity contribution in [1.82, 2.24) is 5.32 Å². The van der Waals surface area contributed by atoms with Crippen LogP contribution in [0.2, 0.25) is 0 Å². The molecule has 0 aromatic carbocycles. The molecular formula is C13H21NOS. The van der Waals surface area contributed by atoms with Crippen molar-refractivity contribution in [1.29, 1.82) is 0 Å². The van der Waals surface area contributed by atoms with Gasteiger partial charge in [-0.05, 0) is 31.9 Å². The average Bonchev–Trinajstić information content (AvgIpc) is 2.73. The molecular weight excluding hydrogens is 218 g/mol. The largest absolute Gasteiger partial charge is 0.374 e. The summed E-state index contributed by atoms with van der Waals surface area (Å²) in [7, 11) is 0.